The second-order valence-corrected chi connectivity index (χ2v) is 7.04. The molecule has 2 fully saturated rings. The molecule has 1 aliphatic heterocycles. The first kappa shape index (κ1) is 13.6. The van der Waals surface area contributed by atoms with Crippen molar-refractivity contribution in [2.75, 3.05) is 13.1 Å². The lowest BCUT2D eigenvalue weighted by atomic mass is 9.86. The van der Waals surface area contributed by atoms with E-state index in [9.17, 15) is 5.11 Å². The zero-order valence-corrected chi connectivity index (χ0v) is 12.7. The van der Waals surface area contributed by atoms with Crippen LogP contribution >= 0.6 is 0 Å². The zero-order valence-electron chi connectivity index (χ0n) is 12.7. The number of rotatable bonds is 3. The molecule has 1 aromatic carbocycles. The van der Waals surface area contributed by atoms with Gasteiger partial charge in [-0.05, 0) is 81.3 Å². The third-order valence-electron chi connectivity index (χ3n) is 5.47. The summed E-state index contributed by atoms with van der Waals surface area (Å²) in [6, 6.07) is 8.01. The molecular formula is C18H26N2O. The first-order valence-electron chi connectivity index (χ1n) is 8.61. The van der Waals surface area contributed by atoms with E-state index in [1.807, 2.05) is 12.1 Å². The third kappa shape index (κ3) is 2.95. The van der Waals surface area contributed by atoms with Crippen molar-refractivity contribution in [3.8, 4) is 5.75 Å². The molecule has 1 saturated heterocycles. The Bertz CT molecular complexity index is 504. The van der Waals surface area contributed by atoms with Gasteiger partial charge in [0.1, 0.15) is 5.75 Å². The molecular weight excluding hydrogens is 260 g/mol. The lowest BCUT2D eigenvalue weighted by Gasteiger charge is -2.36. The van der Waals surface area contributed by atoms with E-state index in [0.717, 1.165) is 12.5 Å². The van der Waals surface area contributed by atoms with Crippen LogP contribution in [0.15, 0.2) is 18.2 Å². The van der Waals surface area contributed by atoms with Gasteiger partial charge in [0.2, 0.25) is 0 Å². The summed E-state index contributed by atoms with van der Waals surface area (Å²) in [5.74, 6) is 0.409. The number of likely N-dealkylation sites (tertiary alicyclic amines) is 1. The summed E-state index contributed by atoms with van der Waals surface area (Å²) in [5.41, 5.74) is 2.76. The number of phenolic OH excluding ortho intramolecular Hbond substituents is 1. The second-order valence-electron chi connectivity index (χ2n) is 7.04. The van der Waals surface area contributed by atoms with Crippen molar-refractivity contribution in [2.24, 2.45) is 0 Å². The van der Waals surface area contributed by atoms with E-state index >= 15 is 0 Å². The summed E-state index contributed by atoms with van der Waals surface area (Å²) >= 11 is 0. The van der Waals surface area contributed by atoms with Crippen LogP contribution in [-0.2, 0) is 6.42 Å². The number of nitrogens with zero attached hydrogens (tertiary/aromatic N) is 1. The fourth-order valence-electron chi connectivity index (χ4n) is 4.13. The molecule has 4 rings (SSSR count). The van der Waals surface area contributed by atoms with Crippen molar-refractivity contribution in [1.29, 1.82) is 0 Å². The van der Waals surface area contributed by atoms with Gasteiger partial charge in [0.25, 0.3) is 0 Å². The minimum Gasteiger partial charge on any atom is -0.508 e. The standard InChI is InChI=1S/C18H26N2O/c21-16-6-7-17-13(12-16)2-1-3-18(17)19-14-8-10-20(11-9-14)15-4-5-15/h6-7,12,14-15,18-19,21H,1-5,8-11H2. The Morgan fingerprint density at radius 3 is 2.62 bits per heavy atom. The lowest BCUT2D eigenvalue weighted by Crippen LogP contribution is -2.44. The minimum atomic E-state index is 0.409. The van der Waals surface area contributed by atoms with Crippen LogP contribution in [0.4, 0.5) is 0 Å². The predicted octanol–water partition coefficient (Wildman–Crippen LogP) is 2.99. The number of aromatic hydroxyl groups is 1. The van der Waals surface area contributed by atoms with E-state index in [1.54, 1.807) is 0 Å². The van der Waals surface area contributed by atoms with Crippen LogP contribution in [0.25, 0.3) is 0 Å². The van der Waals surface area contributed by atoms with Crippen molar-refractivity contribution in [1.82, 2.24) is 10.2 Å². The topological polar surface area (TPSA) is 35.5 Å². The van der Waals surface area contributed by atoms with Crippen LogP contribution in [0.5, 0.6) is 5.75 Å². The molecule has 1 aromatic rings. The maximum absolute atomic E-state index is 9.66. The molecule has 1 atom stereocenters. The molecule has 2 aliphatic carbocycles. The summed E-state index contributed by atoms with van der Waals surface area (Å²) in [6.45, 7) is 2.55. The Labute approximate surface area is 127 Å². The van der Waals surface area contributed by atoms with Gasteiger partial charge in [-0.2, -0.15) is 0 Å². The molecule has 2 N–H and O–H groups in total. The molecule has 0 spiro atoms. The molecule has 1 unspecified atom stereocenters. The molecule has 3 heteroatoms. The number of phenols is 1. The van der Waals surface area contributed by atoms with Gasteiger partial charge in [-0.15, -0.1) is 0 Å². The van der Waals surface area contributed by atoms with Gasteiger partial charge in [-0.1, -0.05) is 6.07 Å². The molecule has 0 radical (unpaired) electrons. The lowest BCUT2D eigenvalue weighted by molar-refractivity contribution is 0.180. The van der Waals surface area contributed by atoms with Crippen molar-refractivity contribution in [3.63, 3.8) is 0 Å². The Hall–Kier alpha value is -1.06. The fraction of sp³-hybridized carbons (Fsp3) is 0.667. The molecule has 3 aliphatic rings. The van der Waals surface area contributed by atoms with Gasteiger partial charge >= 0.3 is 0 Å². The van der Waals surface area contributed by atoms with Gasteiger partial charge in [-0.25, -0.2) is 0 Å². The maximum Gasteiger partial charge on any atom is 0.115 e. The highest BCUT2D eigenvalue weighted by molar-refractivity contribution is 5.38. The number of hydrogen-bond acceptors (Lipinski definition) is 3. The Morgan fingerprint density at radius 1 is 1.05 bits per heavy atom. The van der Waals surface area contributed by atoms with Crippen LogP contribution in [0.2, 0.25) is 0 Å². The highest BCUT2D eigenvalue weighted by Crippen LogP contribution is 2.34. The largest absolute Gasteiger partial charge is 0.508 e. The van der Waals surface area contributed by atoms with Crippen molar-refractivity contribution in [3.05, 3.63) is 29.3 Å². The number of fused-ring (bicyclic) bond motifs is 1. The average molecular weight is 286 g/mol. The third-order valence-corrected chi connectivity index (χ3v) is 5.47. The smallest absolute Gasteiger partial charge is 0.115 e. The SMILES string of the molecule is Oc1ccc2c(c1)CCCC2NC1CCN(C2CC2)CC1. The quantitative estimate of drug-likeness (QED) is 0.896. The molecule has 0 amide bonds. The van der Waals surface area contributed by atoms with E-state index in [-0.39, 0.29) is 0 Å². The molecule has 1 heterocycles. The fourth-order valence-corrected chi connectivity index (χ4v) is 4.13. The number of piperidine rings is 1. The molecule has 0 bridgehead atoms. The Balaban J connectivity index is 1.39. The van der Waals surface area contributed by atoms with Crippen molar-refractivity contribution >= 4 is 0 Å². The molecule has 3 nitrogen and oxygen atoms in total. The van der Waals surface area contributed by atoms with Crippen molar-refractivity contribution < 1.29 is 5.11 Å². The van der Waals surface area contributed by atoms with Crippen LogP contribution in [0.1, 0.15) is 55.7 Å². The number of aryl methyl sites for hydroxylation is 1. The molecule has 21 heavy (non-hydrogen) atoms. The van der Waals surface area contributed by atoms with E-state index in [2.05, 4.69) is 16.3 Å². The summed E-state index contributed by atoms with van der Waals surface area (Å²) in [5, 5.41) is 13.6. The predicted molar refractivity (Wildman–Crippen MR) is 84.5 cm³/mol. The molecule has 1 saturated carbocycles. The van der Waals surface area contributed by atoms with E-state index in [4.69, 9.17) is 0 Å². The maximum atomic E-state index is 9.66. The highest BCUT2D eigenvalue weighted by Gasteiger charge is 2.32. The monoisotopic (exact) mass is 286 g/mol. The summed E-state index contributed by atoms with van der Waals surface area (Å²) in [4.78, 5) is 2.69. The van der Waals surface area contributed by atoms with Gasteiger partial charge in [0.05, 0.1) is 0 Å². The average Bonchev–Trinajstić information content (AvgIpc) is 3.33. The van der Waals surface area contributed by atoms with Crippen LogP contribution in [0, 0.1) is 0 Å². The van der Waals surface area contributed by atoms with Gasteiger partial charge in [-0.3, -0.25) is 0 Å². The van der Waals surface area contributed by atoms with E-state index < -0.39 is 0 Å². The molecule has 114 valence electrons. The van der Waals surface area contributed by atoms with Crippen molar-refractivity contribution in [2.45, 2.75) is 63.1 Å². The zero-order chi connectivity index (χ0) is 14.2. The highest BCUT2D eigenvalue weighted by atomic mass is 16.3. The van der Waals surface area contributed by atoms with E-state index in [0.29, 0.717) is 17.8 Å². The van der Waals surface area contributed by atoms with Crippen LogP contribution < -0.4 is 5.32 Å². The number of nitrogens with one attached hydrogen (secondary N) is 1. The van der Waals surface area contributed by atoms with E-state index in [1.165, 1.54) is 62.7 Å². The normalized spacial score (nSPS) is 27.5. The number of hydrogen-bond donors (Lipinski definition) is 2. The summed E-state index contributed by atoms with van der Waals surface area (Å²) in [6.07, 6.45) is 9.02. The Morgan fingerprint density at radius 2 is 1.86 bits per heavy atom. The first-order valence-corrected chi connectivity index (χ1v) is 8.61. The van der Waals surface area contributed by atoms with Crippen LogP contribution in [0.3, 0.4) is 0 Å². The first-order chi connectivity index (χ1) is 10.3. The number of benzene rings is 1. The Kier molecular flexibility index (Phi) is 3.64. The van der Waals surface area contributed by atoms with Gasteiger partial charge < -0.3 is 15.3 Å². The molecule has 0 aromatic heterocycles. The minimum absolute atomic E-state index is 0.409. The van der Waals surface area contributed by atoms with Gasteiger partial charge in [0.15, 0.2) is 0 Å². The second kappa shape index (κ2) is 5.62. The summed E-state index contributed by atoms with van der Waals surface area (Å²) in [7, 11) is 0. The van der Waals surface area contributed by atoms with Crippen LogP contribution in [-0.4, -0.2) is 35.2 Å². The summed E-state index contributed by atoms with van der Waals surface area (Å²) < 4.78 is 0. The van der Waals surface area contributed by atoms with Gasteiger partial charge in [0, 0.05) is 18.1 Å².